The van der Waals surface area contributed by atoms with E-state index in [1.807, 2.05) is 25.1 Å². The number of aromatic nitrogens is 1. The number of nitrogens with zero attached hydrogens (tertiary/aromatic N) is 4. The highest BCUT2D eigenvalue weighted by atomic mass is 32.2. The zero-order valence-electron chi connectivity index (χ0n) is 18.2. The first-order chi connectivity index (χ1) is 15.1. The Bertz CT molecular complexity index is 934. The average molecular weight is 445 g/mol. The van der Waals surface area contributed by atoms with Crippen molar-refractivity contribution in [2.24, 2.45) is 0 Å². The van der Waals surface area contributed by atoms with Crippen LogP contribution in [0.4, 0.5) is 5.82 Å². The Labute approximate surface area is 185 Å². The molecule has 2 saturated heterocycles. The van der Waals surface area contributed by atoms with Crippen molar-refractivity contribution >= 4 is 15.8 Å². The Kier molecular flexibility index (Phi) is 7.09. The van der Waals surface area contributed by atoms with E-state index in [1.165, 1.54) is 11.8 Å². The Morgan fingerprint density at radius 1 is 0.903 bits per heavy atom. The monoisotopic (exact) mass is 444 g/mol. The van der Waals surface area contributed by atoms with Crippen molar-refractivity contribution in [2.45, 2.75) is 37.6 Å². The molecule has 0 unspecified atom stereocenters. The summed E-state index contributed by atoms with van der Waals surface area (Å²) in [5.74, 6) is 1.76. The number of sulfonamides is 1. The van der Waals surface area contributed by atoms with E-state index in [9.17, 15) is 8.42 Å². The molecule has 2 aromatic rings. The van der Waals surface area contributed by atoms with Gasteiger partial charge in [0.1, 0.15) is 16.5 Å². The van der Waals surface area contributed by atoms with Gasteiger partial charge in [-0.15, -0.1) is 0 Å². The molecule has 2 aliphatic rings. The van der Waals surface area contributed by atoms with Gasteiger partial charge in [-0.2, -0.15) is 4.31 Å². The van der Waals surface area contributed by atoms with Crippen molar-refractivity contribution in [3.63, 3.8) is 0 Å². The van der Waals surface area contributed by atoms with Crippen LogP contribution in [0.1, 0.15) is 31.7 Å². The van der Waals surface area contributed by atoms with Gasteiger partial charge in [0, 0.05) is 52.0 Å². The number of pyridine rings is 1. The summed E-state index contributed by atoms with van der Waals surface area (Å²) < 4.78 is 32.7. The Morgan fingerprint density at radius 3 is 2.23 bits per heavy atom. The third-order valence-corrected chi connectivity index (χ3v) is 7.89. The number of rotatable bonds is 7. The summed E-state index contributed by atoms with van der Waals surface area (Å²) in [4.78, 5) is 9.45. The molecule has 0 aliphatic carbocycles. The smallest absolute Gasteiger partial charge is 0.244 e. The molecule has 2 aliphatic heterocycles. The first-order valence-electron chi connectivity index (χ1n) is 11.2. The number of ether oxygens (including phenoxy) is 1. The highest BCUT2D eigenvalue weighted by Gasteiger charge is 2.26. The number of hydrogen-bond donors (Lipinski definition) is 0. The molecule has 0 radical (unpaired) electrons. The average Bonchev–Trinajstić information content (AvgIpc) is 2.82. The summed E-state index contributed by atoms with van der Waals surface area (Å²) in [6.45, 7) is 8.46. The number of piperazine rings is 1. The molecule has 8 heteroatoms. The van der Waals surface area contributed by atoms with Gasteiger partial charge in [-0.3, -0.25) is 4.90 Å². The maximum absolute atomic E-state index is 12.8. The fourth-order valence-corrected chi connectivity index (χ4v) is 5.68. The van der Waals surface area contributed by atoms with Gasteiger partial charge in [-0.05, 0) is 49.6 Å². The first-order valence-corrected chi connectivity index (χ1v) is 12.7. The third-order valence-electron chi connectivity index (χ3n) is 6.01. The summed E-state index contributed by atoms with van der Waals surface area (Å²) in [6.07, 6.45) is 4.50. The molecule has 0 amide bonds. The van der Waals surface area contributed by atoms with E-state index in [4.69, 9.17) is 4.74 Å². The van der Waals surface area contributed by atoms with Crippen molar-refractivity contribution in [1.82, 2.24) is 14.2 Å². The van der Waals surface area contributed by atoms with Crippen molar-refractivity contribution < 1.29 is 13.2 Å². The van der Waals surface area contributed by atoms with E-state index in [2.05, 4.69) is 26.9 Å². The molecule has 3 heterocycles. The molecule has 0 N–H and O–H groups in total. The van der Waals surface area contributed by atoms with Gasteiger partial charge >= 0.3 is 0 Å². The quantitative estimate of drug-likeness (QED) is 0.654. The minimum absolute atomic E-state index is 0.298. The third kappa shape index (κ3) is 5.37. The lowest BCUT2D eigenvalue weighted by atomic mass is 10.2. The molecule has 4 rings (SSSR count). The summed E-state index contributed by atoms with van der Waals surface area (Å²) in [7, 11) is -3.42. The Balaban J connectivity index is 1.31. The summed E-state index contributed by atoms with van der Waals surface area (Å²) >= 11 is 0. The largest absolute Gasteiger partial charge is 0.494 e. The zero-order chi connectivity index (χ0) is 21.7. The molecule has 0 bridgehead atoms. The van der Waals surface area contributed by atoms with Crippen LogP contribution in [-0.4, -0.2) is 68.5 Å². The van der Waals surface area contributed by atoms with Crippen LogP contribution in [0.25, 0.3) is 0 Å². The number of anilines is 1. The molecule has 7 nitrogen and oxygen atoms in total. The van der Waals surface area contributed by atoms with E-state index < -0.39 is 10.0 Å². The maximum Gasteiger partial charge on any atom is 0.244 e. The van der Waals surface area contributed by atoms with E-state index in [0.717, 1.165) is 63.6 Å². The fourth-order valence-electron chi connectivity index (χ4n) is 4.22. The van der Waals surface area contributed by atoms with Crippen molar-refractivity contribution in [3.05, 3.63) is 48.2 Å². The Morgan fingerprint density at radius 2 is 1.61 bits per heavy atom. The predicted molar refractivity (Wildman–Crippen MR) is 122 cm³/mol. The summed E-state index contributed by atoms with van der Waals surface area (Å²) in [5, 5.41) is 0. The van der Waals surface area contributed by atoms with Gasteiger partial charge in [-0.1, -0.05) is 18.6 Å². The topological polar surface area (TPSA) is 66.0 Å². The second kappa shape index (κ2) is 9.97. The molecule has 1 aromatic heterocycles. The van der Waals surface area contributed by atoms with Gasteiger partial charge in [0.15, 0.2) is 0 Å². The predicted octanol–water partition coefficient (Wildman–Crippen LogP) is 2.98. The van der Waals surface area contributed by atoms with E-state index in [-0.39, 0.29) is 0 Å². The second-order valence-corrected chi connectivity index (χ2v) is 10.1. The summed E-state index contributed by atoms with van der Waals surface area (Å²) in [6, 6.07) is 11.9. The van der Waals surface area contributed by atoms with Crippen LogP contribution in [0.3, 0.4) is 0 Å². The molecule has 2 fully saturated rings. The van der Waals surface area contributed by atoms with Crippen LogP contribution in [0.5, 0.6) is 5.75 Å². The van der Waals surface area contributed by atoms with Crippen LogP contribution >= 0.6 is 0 Å². The number of hydrogen-bond acceptors (Lipinski definition) is 6. The van der Waals surface area contributed by atoms with E-state index >= 15 is 0 Å². The summed E-state index contributed by atoms with van der Waals surface area (Å²) in [5.41, 5.74) is 1.28. The Hall–Kier alpha value is -2.16. The fraction of sp³-hybridized carbons (Fsp3) is 0.522. The standard InChI is InChI=1S/C23H32N4O3S/c1-2-30-21-8-6-20(7-9-21)19-25-14-16-26(17-15-25)23-11-10-22(18-24-23)31(28,29)27-12-4-3-5-13-27/h6-11,18H,2-5,12-17,19H2,1H3. The van der Waals surface area contributed by atoms with Crippen molar-refractivity contribution in [1.29, 1.82) is 0 Å². The normalized spacial score (nSPS) is 18.8. The lowest BCUT2D eigenvalue weighted by Gasteiger charge is -2.35. The van der Waals surface area contributed by atoms with E-state index in [0.29, 0.717) is 24.6 Å². The molecule has 168 valence electrons. The van der Waals surface area contributed by atoms with Crippen LogP contribution in [0, 0.1) is 0 Å². The van der Waals surface area contributed by atoms with Crippen LogP contribution in [-0.2, 0) is 16.6 Å². The van der Waals surface area contributed by atoms with Gasteiger partial charge in [0.25, 0.3) is 0 Å². The minimum Gasteiger partial charge on any atom is -0.494 e. The van der Waals surface area contributed by atoms with Gasteiger partial charge in [-0.25, -0.2) is 13.4 Å². The highest BCUT2D eigenvalue weighted by Crippen LogP contribution is 2.22. The van der Waals surface area contributed by atoms with E-state index in [1.54, 1.807) is 10.4 Å². The molecular weight excluding hydrogens is 412 g/mol. The van der Waals surface area contributed by atoms with Crippen LogP contribution in [0.2, 0.25) is 0 Å². The second-order valence-electron chi connectivity index (χ2n) is 8.16. The molecule has 1 aromatic carbocycles. The SMILES string of the molecule is CCOc1ccc(CN2CCN(c3ccc(S(=O)(=O)N4CCCCC4)cn3)CC2)cc1. The minimum atomic E-state index is -3.42. The molecule has 31 heavy (non-hydrogen) atoms. The zero-order valence-corrected chi connectivity index (χ0v) is 19.1. The molecule has 0 atom stereocenters. The van der Waals surface area contributed by atoms with Gasteiger partial charge in [0.05, 0.1) is 6.61 Å². The lowest BCUT2D eigenvalue weighted by Crippen LogP contribution is -2.46. The van der Waals surface area contributed by atoms with Gasteiger partial charge in [0.2, 0.25) is 10.0 Å². The highest BCUT2D eigenvalue weighted by molar-refractivity contribution is 7.89. The van der Waals surface area contributed by atoms with Gasteiger partial charge < -0.3 is 9.64 Å². The molecule has 0 spiro atoms. The maximum atomic E-state index is 12.8. The van der Waals surface area contributed by atoms with Crippen molar-refractivity contribution in [2.75, 3.05) is 50.8 Å². The lowest BCUT2D eigenvalue weighted by molar-refractivity contribution is 0.249. The first kappa shape index (κ1) is 22.0. The number of piperidine rings is 1. The number of benzene rings is 1. The molecular formula is C23H32N4O3S. The van der Waals surface area contributed by atoms with Crippen LogP contribution in [0.15, 0.2) is 47.5 Å². The molecule has 0 saturated carbocycles. The van der Waals surface area contributed by atoms with Crippen molar-refractivity contribution in [3.8, 4) is 5.75 Å². The van der Waals surface area contributed by atoms with Crippen LogP contribution < -0.4 is 9.64 Å².